The van der Waals surface area contributed by atoms with Crippen molar-refractivity contribution < 1.29 is 28.5 Å². The molecule has 2 heterocycles. The number of benzene rings is 2. The maximum absolute atomic E-state index is 13.8. The average Bonchev–Trinajstić information content (AvgIpc) is 3.33. The number of fused-ring (bicyclic) bond motifs is 1. The van der Waals surface area contributed by atoms with Gasteiger partial charge in [0.2, 0.25) is 6.79 Å². The molecule has 2 atom stereocenters. The molecule has 0 aromatic heterocycles. The van der Waals surface area contributed by atoms with Gasteiger partial charge >= 0.3 is 5.97 Å². The van der Waals surface area contributed by atoms with Gasteiger partial charge in [-0.15, -0.1) is 0 Å². The zero-order valence-electron chi connectivity index (χ0n) is 20.5. The van der Waals surface area contributed by atoms with E-state index in [1.165, 1.54) is 0 Å². The lowest BCUT2D eigenvalue weighted by Gasteiger charge is -2.37. The Kier molecular flexibility index (Phi) is 6.67. The van der Waals surface area contributed by atoms with E-state index in [2.05, 4.69) is 5.32 Å². The highest BCUT2D eigenvalue weighted by atomic mass is 35.5. The van der Waals surface area contributed by atoms with Crippen molar-refractivity contribution in [3.05, 3.63) is 75.1 Å². The Labute approximate surface area is 215 Å². The normalized spacial score (nSPS) is 20.7. The van der Waals surface area contributed by atoms with Crippen molar-refractivity contribution >= 4 is 23.4 Å². The van der Waals surface area contributed by atoms with Crippen LogP contribution in [0.15, 0.2) is 58.9 Å². The van der Waals surface area contributed by atoms with E-state index in [4.69, 9.17) is 30.5 Å². The van der Waals surface area contributed by atoms with Crippen LogP contribution >= 0.6 is 11.6 Å². The molecule has 0 amide bonds. The molecule has 0 unspecified atom stereocenters. The lowest BCUT2D eigenvalue weighted by molar-refractivity contribution is -0.139. The van der Waals surface area contributed by atoms with Crippen molar-refractivity contribution in [2.75, 3.05) is 20.5 Å². The van der Waals surface area contributed by atoms with Crippen LogP contribution in [0.3, 0.4) is 0 Å². The van der Waals surface area contributed by atoms with Crippen LogP contribution in [-0.2, 0) is 14.3 Å². The van der Waals surface area contributed by atoms with Crippen LogP contribution in [0, 0.1) is 0 Å². The number of allylic oxidation sites excluding steroid dienone is 3. The van der Waals surface area contributed by atoms with Gasteiger partial charge in [-0.2, -0.15) is 0 Å². The first kappa shape index (κ1) is 24.3. The molecule has 3 aliphatic rings. The molecule has 2 aromatic carbocycles. The molecule has 0 bridgehead atoms. The highest BCUT2D eigenvalue weighted by Crippen LogP contribution is 2.49. The maximum Gasteiger partial charge on any atom is 0.336 e. The van der Waals surface area contributed by atoms with Gasteiger partial charge in [0.05, 0.1) is 19.3 Å². The van der Waals surface area contributed by atoms with E-state index < -0.39 is 11.9 Å². The topological polar surface area (TPSA) is 83.1 Å². The van der Waals surface area contributed by atoms with E-state index >= 15 is 0 Å². The van der Waals surface area contributed by atoms with Gasteiger partial charge < -0.3 is 24.3 Å². The summed E-state index contributed by atoms with van der Waals surface area (Å²) in [5, 5.41) is 3.76. The van der Waals surface area contributed by atoms with Crippen molar-refractivity contribution in [2.24, 2.45) is 0 Å². The number of Topliss-reactive ketones (excluding diaryl/α,β-unsaturated/α-hetero) is 1. The van der Waals surface area contributed by atoms with Crippen LogP contribution in [-0.4, -0.2) is 32.3 Å². The quantitative estimate of drug-likeness (QED) is 0.522. The fraction of sp³-hybridized carbons (Fsp3) is 0.357. The number of dihydropyridines is 1. The van der Waals surface area contributed by atoms with E-state index in [0.29, 0.717) is 58.2 Å². The zero-order chi connectivity index (χ0) is 25.4. The molecule has 1 N–H and O–H groups in total. The standard InChI is InChI=1S/C28H28ClNO6/c1-4-9-34-28(32)25-15(2)30-21-10-17(16-5-7-18(33-3)8-6-16)11-22(31)27(21)26(25)19-12-23-24(13-20(19)29)36-14-35-23/h5-8,12-13,17,26,30H,4,9-11,14H2,1-3H3/t17-,26+/m0/s1. The fourth-order valence-corrected chi connectivity index (χ4v) is 5.42. The van der Waals surface area contributed by atoms with Gasteiger partial charge in [0.15, 0.2) is 17.3 Å². The van der Waals surface area contributed by atoms with Gasteiger partial charge in [0, 0.05) is 40.4 Å². The van der Waals surface area contributed by atoms with Crippen LogP contribution in [0.5, 0.6) is 17.2 Å². The van der Waals surface area contributed by atoms with Crippen LogP contribution in [0.2, 0.25) is 5.02 Å². The zero-order valence-corrected chi connectivity index (χ0v) is 21.2. The molecular formula is C28H28ClNO6. The van der Waals surface area contributed by atoms with Gasteiger partial charge in [0.25, 0.3) is 0 Å². The minimum atomic E-state index is -0.670. The average molecular weight is 510 g/mol. The lowest BCUT2D eigenvalue weighted by atomic mass is 9.71. The number of nitrogens with one attached hydrogen (secondary N) is 1. The molecule has 0 saturated carbocycles. The molecule has 2 aliphatic heterocycles. The summed E-state index contributed by atoms with van der Waals surface area (Å²) in [7, 11) is 1.63. The SMILES string of the molecule is CCCOC(=O)C1=C(C)NC2=C(C(=O)C[C@@H](c3ccc(OC)cc3)C2)[C@@H]1c1cc2c(cc1Cl)OCO2. The van der Waals surface area contributed by atoms with Crippen LogP contribution < -0.4 is 19.5 Å². The third-order valence-electron chi connectivity index (χ3n) is 6.87. The summed E-state index contributed by atoms with van der Waals surface area (Å²) in [6.07, 6.45) is 1.64. The van der Waals surface area contributed by atoms with Gasteiger partial charge in [-0.1, -0.05) is 30.7 Å². The van der Waals surface area contributed by atoms with Gasteiger partial charge in [0.1, 0.15) is 5.75 Å². The molecule has 188 valence electrons. The Morgan fingerprint density at radius 2 is 1.86 bits per heavy atom. The van der Waals surface area contributed by atoms with Gasteiger partial charge in [-0.05, 0) is 55.0 Å². The first-order valence-electron chi connectivity index (χ1n) is 12.0. The number of esters is 1. The molecule has 36 heavy (non-hydrogen) atoms. The van der Waals surface area contributed by atoms with Crippen LogP contribution in [0.25, 0.3) is 0 Å². The highest BCUT2D eigenvalue weighted by molar-refractivity contribution is 6.32. The summed E-state index contributed by atoms with van der Waals surface area (Å²) in [6.45, 7) is 4.15. The molecule has 1 aliphatic carbocycles. The summed E-state index contributed by atoms with van der Waals surface area (Å²) in [6, 6.07) is 11.2. The summed E-state index contributed by atoms with van der Waals surface area (Å²) < 4.78 is 21.9. The molecule has 5 rings (SSSR count). The molecule has 0 spiro atoms. The maximum atomic E-state index is 13.8. The number of ether oxygens (including phenoxy) is 4. The third-order valence-corrected chi connectivity index (χ3v) is 7.20. The Hall–Kier alpha value is -3.45. The predicted octanol–water partition coefficient (Wildman–Crippen LogP) is 5.39. The first-order valence-corrected chi connectivity index (χ1v) is 12.4. The van der Waals surface area contributed by atoms with Crippen LogP contribution in [0.1, 0.15) is 56.1 Å². The number of hydrogen-bond donors (Lipinski definition) is 1. The minimum Gasteiger partial charge on any atom is -0.497 e. The van der Waals surface area contributed by atoms with E-state index in [-0.39, 0.29) is 25.1 Å². The second-order valence-electron chi connectivity index (χ2n) is 9.15. The van der Waals surface area contributed by atoms with E-state index in [1.54, 1.807) is 19.2 Å². The molecule has 2 aromatic rings. The molecule has 0 radical (unpaired) electrons. The first-order chi connectivity index (χ1) is 17.4. The summed E-state index contributed by atoms with van der Waals surface area (Å²) in [5.74, 6) is 0.684. The third kappa shape index (κ3) is 4.32. The van der Waals surface area contributed by atoms with E-state index in [0.717, 1.165) is 17.0 Å². The molecule has 0 fully saturated rings. The van der Waals surface area contributed by atoms with E-state index in [1.807, 2.05) is 38.1 Å². The van der Waals surface area contributed by atoms with Crippen molar-refractivity contribution in [2.45, 2.75) is 44.9 Å². The number of hydrogen-bond acceptors (Lipinski definition) is 7. The number of methoxy groups -OCH3 is 1. The summed E-state index contributed by atoms with van der Waals surface area (Å²) in [4.78, 5) is 27.0. The number of halogens is 1. The molecular weight excluding hydrogens is 482 g/mol. The monoisotopic (exact) mass is 509 g/mol. The second kappa shape index (κ2) is 9.90. The Morgan fingerprint density at radius 1 is 1.14 bits per heavy atom. The largest absolute Gasteiger partial charge is 0.497 e. The fourth-order valence-electron chi connectivity index (χ4n) is 5.16. The Bertz CT molecular complexity index is 1280. The lowest BCUT2D eigenvalue weighted by Crippen LogP contribution is -2.36. The van der Waals surface area contributed by atoms with Gasteiger partial charge in [-0.25, -0.2) is 4.79 Å². The Morgan fingerprint density at radius 3 is 2.56 bits per heavy atom. The van der Waals surface area contributed by atoms with Crippen LogP contribution in [0.4, 0.5) is 0 Å². The highest BCUT2D eigenvalue weighted by Gasteiger charge is 2.42. The predicted molar refractivity (Wildman–Crippen MR) is 134 cm³/mol. The number of ketones is 1. The van der Waals surface area contributed by atoms with Crippen molar-refractivity contribution in [3.8, 4) is 17.2 Å². The molecule has 7 nitrogen and oxygen atoms in total. The smallest absolute Gasteiger partial charge is 0.336 e. The number of carbonyl (C=O) groups is 2. The summed E-state index contributed by atoms with van der Waals surface area (Å²) in [5.41, 5.74) is 4.07. The van der Waals surface area contributed by atoms with E-state index in [9.17, 15) is 9.59 Å². The van der Waals surface area contributed by atoms with Gasteiger partial charge in [-0.3, -0.25) is 4.79 Å². The van der Waals surface area contributed by atoms with Crippen molar-refractivity contribution in [1.82, 2.24) is 5.32 Å². The van der Waals surface area contributed by atoms with Crippen molar-refractivity contribution in [1.29, 1.82) is 0 Å². The molecule has 0 saturated heterocycles. The minimum absolute atomic E-state index is 0.00363. The van der Waals surface area contributed by atoms with Crippen molar-refractivity contribution in [3.63, 3.8) is 0 Å². The molecule has 8 heteroatoms. The second-order valence-corrected chi connectivity index (χ2v) is 9.56. The summed E-state index contributed by atoms with van der Waals surface area (Å²) >= 11 is 6.72. The number of carbonyl (C=O) groups excluding carboxylic acids is 2. The Balaban J connectivity index is 1.59. The number of rotatable bonds is 6.